The first-order chi connectivity index (χ1) is 10.8. The number of hydrogen-bond acceptors (Lipinski definition) is 3. The maximum atomic E-state index is 4.43. The Morgan fingerprint density at radius 1 is 0.909 bits per heavy atom. The molecule has 0 fully saturated rings. The SMILES string of the molecule is CN1C(c2ccccc2)=C[C@H](c2ccccc2)n2ncnc21. The van der Waals surface area contributed by atoms with E-state index >= 15 is 0 Å². The molecule has 4 heteroatoms. The van der Waals surface area contributed by atoms with Crippen LogP contribution < -0.4 is 4.90 Å². The highest BCUT2D eigenvalue weighted by molar-refractivity contribution is 5.78. The van der Waals surface area contributed by atoms with Gasteiger partial charge in [-0.1, -0.05) is 60.7 Å². The molecule has 1 aliphatic heterocycles. The van der Waals surface area contributed by atoms with Crippen molar-refractivity contribution in [1.82, 2.24) is 14.8 Å². The normalized spacial score (nSPS) is 17.0. The largest absolute Gasteiger partial charge is 0.313 e. The van der Waals surface area contributed by atoms with Gasteiger partial charge in [0.15, 0.2) is 0 Å². The van der Waals surface area contributed by atoms with Crippen molar-refractivity contribution in [2.45, 2.75) is 6.04 Å². The van der Waals surface area contributed by atoms with Gasteiger partial charge >= 0.3 is 0 Å². The zero-order valence-electron chi connectivity index (χ0n) is 12.3. The topological polar surface area (TPSA) is 34.0 Å². The molecular formula is C18H16N4. The smallest absolute Gasteiger partial charge is 0.228 e. The quantitative estimate of drug-likeness (QED) is 0.725. The third-order valence-corrected chi connectivity index (χ3v) is 4.01. The Morgan fingerprint density at radius 3 is 2.32 bits per heavy atom. The van der Waals surface area contributed by atoms with Gasteiger partial charge in [0, 0.05) is 12.7 Å². The van der Waals surface area contributed by atoms with Crippen molar-refractivity contribution in [3.05, 3.63) is 84.2 Å². The van der Waals surface area contributed by atoms with Gasteiger partial charge in [0.25, 0.3) is 0 Å². The summed E-state index contributed by atoms with van der Waals surface area (Å²) in [5, 5.41) is 4.41. The van der Waals surface area contributed by atoms with E-state index < -0.39 is 0 Å². The number of rotatable bonds is 2. The highest BCUT2D eigenvalue weighted by Gasteiger charge is 2.27. The Bertz CT molecular complexity index is 805. The Balaban J connectivity index is 1.88. The molecule has 4 nitrogen and oxygen atoms in total. The zero-order chi connectivity index (χ0) is 14.9. The molecule has 0 bridgehead atoms. The fourth-order valence-corrected chi connectivity index (χ4v) is 2.91. The average molecular weight is 288 g/mol. The van der Waals surface area contributed by atoms with Crippen LogP contribution in [0.5, 0.6) is 0 Å². The predicted octanol–water partition coefficient (Wildman–Crippen LogP) is 3.36. The first-order valence-electron chi connectivity index (χ1n) is 7.30. The lowest BCUT2D eigenvalue weighted by atomic mass is 10.0. The van der Waals surface area contributed by atoms with E-state index in [9.17, 15) is 0 Å². The highest BCUT2D eigenvalue weighted by atomic mass is 15.5. The van der Waals surface area contributed by atoms with Gasteiger partial charge in [0.1, 0.15) is 12.4 Å². The fourth-order valence-electron chi connectivity index (χ4n) is 2.91. The molecule has 108 valence electrons. The zero-order valence-corrected chi connectivity index (χ0v) is 12.3. The molecule has 0 N–H and O–H groups in total. The number of benzene rings is 2. The van der Waals surface area contributed by atoms with Crippen molar-refractivity contribution in [3.8, 4) is 0 Å². The molecule has 2 aromatic carbocycles. The van der Waals surface area contributed by atoms with E-state index in [0.29, 0.717) is 0 Å². The van der Waals surface area contributed by atoms with Crippen LogP contribution in [-0.4, -0.2) is 21.8 Å². The summed E-state index contributed by atoms with van der Waals surface area (Å²) in [5.74, 6) is 0.857. The molecule has 0 amide bonds. The van der Waals surface area contributed by atoms with Crippen molar-refractivity contribution in [2.75, 3.05) is 11.9 Å². The van der Waals surface area contributed by atoms with Crippen LogP contribution in [0.4, 0.5) is 5.95 Å². The summed E-state index contributed by atoms with van der Waals surface area (Å²) < 4.78 is 1.96. The lowest BCUT2D eigenvalue weighted by molar-refractivity contribution is 0.599. The molecule has 0 aliphatic carbocycles. The van der Waals surface area contributed by atoms with Crippen LogP contribution >= 0.6 is 0 Å². The lowest BCUT2D eigenvalue weighted by Crippen LogP contribution is -2.28. The van der Waals surface area contributed by atoms with Gasteiger partial charge in [-0.05, 0) is 17.2 Å². The van der Waals surface area contributed by atoms with Crippen LogP contribution in [0.1, 0.15) is 17.2 Å². The van der Waals surface area contributed by atoms with Crippen molar-refractivity contribution in [2.24, 2.45) is 0 Å². The molecule has 0 radical (unpaired) electrons. The molecule has 0 saturated heterocycles. The molecule has 0 unspecified atom stereocenters. The summed E-state index contributed by atoms with van der Waals surface area (Å²) in [5.41, 5.74) is 3.53. The first kappa shape index (κ1) is 12.8. The second kappa shape index (κ2) is 5.15. The molecule has 0 saturated carbocycles. The van der Waals surface area contributed by atoms with Crippen molar-refractivity contribution in [1.29, 1.82) is 0 Å². The standard InChI is InChI=1S/C18H16N4/c1-21-16(14-8-4-2-5-9-14)12-17(15-10-6-3-7-11-15)22-18(21)19-13-20-22/h2-13,17H,1H3/t17-/m1/s1. The van der Waals surface area contributed by atoms with Crippen LogP contribution in [0.3, 0.4) is 0 Å². The van der Waals surface area contributed by atoms with E-state index in [1.54, 1.807) is 6.33 Å². The van der Waals surface area contributed by atoms with E-state index in [0.717, 1.165) is 11.6 Å². The summed E-state index contributed by atoms with van der Waals surface area (Å²) in [6.07, 6.45) is 3.86. The third kappa shape index (κ3) is 2.00. The third-order valence-electron chi connectivity index (χ3n) is 4.01. The van der Waals surface area contributed by atoms with E-state index in [2.05, 4.69) is 69.6 Å². The fraction of sp³-hybridized carbons (Fsp3) is 0.111. The maximum absolute atomic E-state index is 4.43. The molecule has 1 aliphatic rings. The molecule has 0 spiro atoms. The summed E-state index contributed by atoms with van der Waals surface area (Å²) >= 11 is 0. The van der Waals surface area contributed by atoms with Gasteiger partial charge in [-0.3, -0.25) is 0 Å². The van der Waals surface area contributed by atoms with Gasteiger partial charge in [-0.25, -0.2) is 4.68 Å². The lowest BCUT2D eigenvalue weighted by Gasteiger charge is -2.30. The highest BCUT2D eigenvalue weighted by Crippen LogP contribution is 2.35. The Kier molecular flexibility index (Phi) is 3.00. The van der Waals surface area contributed by atoms with Gasteiger partial charge in [0.2, 0.25) is 5.95 Å². The number of hydrogen-bond donors (Lipinski definition) is 0. The van der Waals surface area contributed by atoms with Crippen LogP contribution in [0.25, 0.3) is 5.70 Å². The molecule has 22 heavy (non-hydrogen) atoms. The average Bonchev–Trinajstić information content (AvgIpc) is 3.07. The molecule has 4 rings (SSSR count). The summed E-state index contributed by atoms with van der Waals surface area (Å²) in [7, 11) is 2.03. The summed E-state index contributed by atoms with van der Waals surface area (Å²) in [6.45, 7) is 0. The Morgan fingerprint density at radius 2 is 1.59 bits per heavy atom. The Labute approximate surface area is 129 Å². The molecular weight excluding hydrogens is 272 g/mol. The van der Waals surface area contributed by atoms with Crippen LogP contribution in [0.2, 0.25) is 0 Å². The molecule has 3 aromatic rings. The van der Waals surface area contributed by atoms with Gasteiger partial charge in [-0.2, -0.15) is 10.1 Å². The minimum Gasteiger partial charge on any atom is -0.313 e. The first-order valence-corrected chi connectivity index (χ1v) is 7.30. The summed E-state index contributed by atoms with van der Waals surface area (Å²) in [6, 6.07) is 20.8. The van der Waals surface area contributed by atoms with E-state index in [1.807, 2.05) is 23.9 Å². The van der Waals surface area contributed by atoms with E-state index in [4.69, 9.17) is 0 Å². The van der Waals surface area contributed by atoms with Crippen molar-refractivity contribution in [3.63, 3.8) is 0 Å². The van der Waals surface area contributed by atoms with Gasteiger partial charge in [-0.15, -0.1) is 0 Å². The minimum atomic E-state index is 0.0603. The molecule has 2 heterocycles. The van der Waals surface area contributed by atoms with E-state index in [1.165, 1.54) is 11.1 Å². The monoisotopic (exact) mass is 288 g/mol. The van der Waals surface area contributed by atoms with Gasteiger partial charge in [0.05, 0.1) is 0 Å². The number of allylic oxidation sites excluding steroid dienone is 1. The number of nitrogens with zero attached hydrogens (tertiary/aromatic N) is 4. The Hall–Kier alpha value is -2.88. The molecule has 1 atom stereocenters. The van der Waals surface area contributed by atoms with Gasteiger partial charge < -0.3 is 4.90 Å². The van der Waals surface area contributed by atoms with Crippen molar-refractivity contribution < 1.29 is 0 Å². The summed E-state index contributed by atoms with van der Waals surface area (Å²) in [4.78, 5) is 6.51. The minimum absolute atomic E-state index is 0.0603. The molecule has 1 aromatic heterocycles. The van der Waals surface area contributed by atoms with E-state index in [-0.39, 0.29) is 6.04 Å². The number of fused-ring (bicyclic) bond motifs is 1. The van der Waals surface area contributed by atoms with Crippen LogP contribution in [-0.2, 0) is 0 Å². The second-order valence-corrected chi connectivity index (χ2v) is 5.34. The van der Waals surface area contributed by atoms with Crippen molar-refractivity contribution >= 4 is 11.6 Å². The van der Waals surface area contributed by atoms with Crippen LogP contribution in [0, 0.1) is 0 Å². The van der Waals surface area contributed by atoms with Crippen LogP contribution in [0.15, 0.2) is 73.1 Å². The second-order valence-electron chi connectivity index (χ2n) is 5.34. The number of aromatic nitrogens is 3. The predicted molar refractivity (Wildman–Crippen MR) is 87.4 cm³/mol. The maximum Gasteiger partial charge on any atom is 0.228 e. The number of anilines is 1.